The molecule has 2 N–H and O–H groups in total. The van der Waals surface area contributed by atoms with Crippen LogP contribution in [0, 0.1) is 6.92 Å². The van der Waals surface area contributed by atoms with Crippen LogP contribution in [0.25, 0.3) is 11.3 Å². The van der Waals surface area contributed by atoms with Crippen molar-refractivity contribution in [3.05, 3.63) is 72.1 Å². The van der Waals surface area contributed by atoms with Crippen LogP contribution in [0.2, 0.25) is 0 Å². The molecule has 3 rings (SSSR count). The number of hydrogen-bond acceptors (Lipinski definition) is 4. The Labute approximate surface area is 140 Å². The highest BCUT2D eigenvalue weighted by atomic mass is 16.1. The lowest BCUT2D eigenvalue weighted by Gasteiger charge is -2.10. The van der Waals surface area contributed by atoms with Crippen molar-refractivity contribution in [1.82, 2.24) is 15.3 Å². The first-order chi connectivity index (χ1) is 11.7. The molecule has 3 aromatic rings. The van der Waals surface area contributed by atoms with Gasteiger partial charge in [0.25, 0.3) is 5.91 Å². The SMILES string of the molecule is CNC(=O)c1cccc(Nc2cc(-c3ccccc3)nc(C)n2)c1. The Bertz CT molecular complexity index is 862. The number of aryl methyl sites for hydroxylation is 1. The molecule has 0 atom stereocenters. The van der Waals surface area contributed by atoms with Crippen molar-refractivity contribution >= 4 is 17.4 Å². The van der Waals surface area contributed by atoms with Crippen molar-refractivity contribution < 1.29 is 4.79 Å². The molecule has 0 saturated carbocycles. The number of nitrogens with one attached hydrogen (secondary N) is 2. The molecule has 0 spiro atoms. The van der Waals surface area contributed by atoms with Gasteiger partial charge in [-0.25, -0.2) is 9.97 Å². The zero-order valence-corrected chi connectivity index (χ0v) is 13.6. The van der Waals surface area contributed by atoms with Crippen molar-refractivity contribution in [3.63, 3.8) is 0 Å². The molecule has 1 aromatic heterocycles. The summed E-state index contributed by atoms with van der Waals surface area (Å²) in [6.07, 6.45) is 0. The van der Waals surface area contributed by atoms with E-state index in [9.17, 15) is 4.79 Å². The highest BCUT2D eigenvalue weighted by molar-refractivity contribution is 5.95. The maximum absolute atomic E-state index is 11.7. The van der Waals surface area contributed by atoms with Gasteiger partial charge in [-0.15, -0.1) is 0 Å². The molecule has 5 heteroatoms. The van der Waals surface area contributed by atoms with Crippen LogP contribution < -0.4 is 10.6 Å². The zero-order chi connectivity index (χ0) is 16.9. The van der Waals surface area contributed by atoms with Crippen molar-refractivity contribution in [3.8, 4) is 11.3 Å². The Morgan fingerprint density at radius 1 is 0.958 bits per heavy atom. The first-order valence-electron chi connectivity index (χ1n) is 7.66. The number of amides is 1. The largest absolute Gasteiger partial charge is 0.355 e. The molecule has 0 radical (unpaired) electrons. The number of hydrogen-bond donors (Lipinski definition) is 2. The molecule has 0 bridgehead atoms. The van der Waals surface area contributed by atoms with E-state index in [0.717, 1.165) is 16.9 Å². The van der Waals surface area contributed by atoms with E-state index >= 15 is 0 Å². The number of anilines is 2. The summed E-state index contributed by atoms with van der Waals surface area (Å²) in [6.45, 7) is 1.86. The molecule has 2 aromatic carbocycles. The summed E-state index contributed by atoms with van der Waals surface area (Å²) in [5.41, 5.74) is 3.28. The molecule has 120 valence electrons. The number of rotatable bonds is 4. The number of carbonyl (C=O) groups excluding carboxylic acids is 1. The Kier molecular flexibility index (Phi) is 4.52. The predicted octanol–water partition coefficient (Wildman–Crippen LogP) is 3.56. The van der Waals surface area contributed by atoms with E-state index < -0.39 is 0 Å². The van der Waals surface area contributed by atoms with E-state index in [1.54, 1.807) is 19.2 Å². The van der Waals surface area contributed by atoms with E-state index in [4.69, 9.17) is 0 Å². The van der Waals surface area contributed by atoms with E-state index in [0.29, 0.717) is 17.2 Å². The fourth-order valence-electron chi connectivity index (χ4n) is 2.42. The molecule has 0 saturated heterocycles. The van der Waals surface area contributed by atoms with Gasteiger partial charge in [0.1, 0.15) is 11.6 Å². The van der Waals surface area contributed by atoms with Crippen LogP contribution in [0.15, 0.2) is 60.7 Å². The van der Waals surface area contributed by atoms with Gasteiger partial charge in [0.05, 0.1) is 5.69 Å². The van der Waals surface area contributed by atoms with Crippen LogP contribution in [-0.2, 0) is 0 Å². The summed E-state index contributed by atoms with van der Waals surface area (Å²) in [6, 6.07) is 19.1. The van der Waals surface area contributed by atoms with E-state index in [1.807, 2.05) is 55.5 Å². The number of carbonyl (C=O) groups is 1. The standard InChI is InChI=1S/C19H18N4O/c1-13-21-17(14-7-4-3-5-8-14)12-18(22-13)23-16-10-6-9-15(11-16)19(24)20-2/h3-12H,1-2H3,(H,20,24)(H,21,22,23). The molecule has 0 unspecified atom stereocenters. The number of benzene rings is 2. The average molecular weight is 318 g/mol. The fraction of sp³-hybridized carbons (Fsp3) is 0.105. The lowest BCUT2D eigenvalue weighted by molar-refractivity contribution is 0.0963. The van der Waals surface area contributed by atoms with E-state index in [-0.39, 0.29) is 5.91 Å². The minimum Gasteiger partial charge on any atom is -0.355 e. The van der Waals surface area contributed by atoms with Crippen molar-refractivity contribution in [1.29, 1.82) is 0 Å². The van der Waals surface area contributed by atoms with Gasteiger partial charge in [-0.3, -0.25) is 4.79 Å². The second-order valence-corrected chi connectivity index (χ2v) is 5.34. The maximum Gasteiger partial charge on any atom is 0.251 e. The fourth-order valence-corrected chi connectivity index (χ4v) is 2.42. The normalized spacial score (nSPS) is 10.2. The zero-order valence-electron chi connectivity index (χ0n) is 13.6. The van der Waals surface area contributed by atoms with Gasteiger partial charge in [0.2, 0.25) is 0 Å². The average Bonchev–Trinajstić information content (AvgIpc) is 2.61. The first-order valence-corrected chi connectivity index (χ1v) is 7.66. The molecule has 0 aliphatic carbocycles. The highest BCUT2D eigenvalue weighted by Crippen LogP contribution is 2.22. The second kappa shape index (κ2) is 6.91. The molecular weight excluding hydrogens is 300 g/mol. The van der Waals surface area contributed by atoms with Gasteiger partial charge < -0.3 is 10.6 Å². The summed E-state index contributed by atoms with van der Waals surface area (Å²) in [5, 5.41) is 5.86. The van der Waals surface area contributed by atoms with Gasteiger partial charge >= 0.3 is 0 Å². The quantitative estimate of drug-likeness (QED) is 0.772. The van der Waals surface area contributed by atoms with Crippen molar-refractivity contribution in [2.45, 2.75) is 6.92 Å². The molecule has 0 aliphatic heterocycles. The van der Waals surface area contributed by atoms with Crippen LogP contribution >= 0.6 is 0 Å². The molecule has 5 nitrogen and oxygen atoms in total. The summed E-state index contributed by atoms with van der Waals surface area (Å²) < 4.78 is 0. The molecule has 1 heterocycles. The monoisotopic (exact) mass is 318 g/mol. The van der Waals surface area contributed by atoms with Crippen molar-refractivity contribution in [2.75, 3.05) is 12.4 Å². The van der Waals surface area contributed by atoms with Gasteiger partial charge in [0.15, 0.2) is 0 Å². The molecule has 0 aliphatic rings. The molecular formula is C19H18N4O. The van der Waals surface area contributed by atoms with E-state index in [2.05, 4.69) is 20.6 Å². The third-order valence-electron chi connectivity index (χ3n) is 3.53. The molecule has 24 heavy (non-hydrogen) atoms. The summed E-state index contributed by atoms with van der Waals surface area (Å²) in [5.74, 6) is 1.25. The Hall–Kier alpha value is -3.21. The summed E-state index contributed by atoms with van der Waals surface area (Å²) in [7, 11) is 1.61. The number of aromatic nitrogens is 2. The van der Waals surface area contributed by atoms with E-state index in [1.165, 1.54) is 0 Å². The third kappa shape index (κ3) is 3.57. The number of nitrogens with zero attached hydrogens (tertiary/aromatic N) is 2. The lowest BCUT2D eigenvalue weighted by Crippen LogP contribution is -2.17. The van der Waals surface area contributed by atoms with Crippen molar-refractivity contribution in [2.24, 2.45) is 0 Å². The smallest absolute Gasteiger partial charge is 0.251 e. The van der Waals surface area contributed by atoms with Crippen LogP contribution in [0.4, 0.5) is 11.5 Å². The maximum atomic E-state index is 11.7. The minimum atomic E-state index is -0.123. The second-order valence-electron chi connectivity index (χ2n) is 5.34. The Balaban J connectivity index is 1.91. The Morgan fingerprint density at radius 2 is 1.75 bits per heavy atom. The molecule has 1 amide bonds. The summed E-state index contributed by atoms with van der Waals surface area (Å²) >= 11 is 0. The van der Waals surface area contributed by atoms with Crippen LogP contribution in [0.5, 0.6) is 0 Å². The third-order valence-corrected chi connectivity index (χ3v) is 3.53. The molecule has 0 fully saturated rings. The lowest BCUT2D eigenvalue weighted by atomic mass is 10.1. The van der Waals surface area contributed by atoms with Gasteiger partial charge in [-0.1, -0.05) is 36.4 Å². The van der Waals surface area contributed by atoms with Crippen LogP contribution in [0.1, 0.15) is 16.2 Å². The van der Waals surface area contributed by atoms with Gasteiger partial charge in [0, 0.05) is 29.9 Å². The summed E-state index contributed by atoms with van der Waals surface area (Å²) in [4.78, 5) is 20.7. The topological polar surface area (TPSA) is 66.9 Å². The highest BCUT2D eigenvalue weighted by Gasteiger charge is 2.07. The Morgan fingerprint density at radius 3 is 2.50 bits per heavy atom. The van der Waals surface area contributed by atoms with Crippen LogP contribution in [-0.4, -0.2) is 22.9 Å². The first kappa shape index (κ1) is 15.7. The van der Waals surface area contributed by atoms with Gasteiger partial charge in [-0.05, 0) is 25.1 Å². The van der Waals surface area contributed by atoms with Gasteiger partial charge in [-0.2, -0.15) is 0 Å². The van der Waals surface area contributed by atoms with Crippen LogP contribution in [0.3, 0.4) is 0 Å². The minimum absolute atomic E-state index is 0.123. The predicted molar refractivity (Wildman–Crippen MR) is 95.3 cm³/mol.